The lowest BCUT2D eigenvalue weighted by molar-refractivity contribution is -0.175. The summed E-state index contributed by atoms with van der Waals surface area (Å²) in [4.78, 5) is 16.5. The fourth-order valence-electron chi connectivity index (χ4n) is 3.82. The highest BCUT2D eigenvalue weighted by atomic mass is 35.5. The molecule has 0 radical (unpaired) electrons. The maximum Gasteiger partial charge on any atom is 0.416 e. The molecule has 0 aromatic carbocycles. The monoisotopic (exact) mass is 382 g/mol. The van der Waals surface area contributed by atoms with E-state index in [0.717, 1.165) is 18.7 Å². The number of rotatable bonds is 0. The third-order valence-corrected chi connectivity index (χ3v) is 5.02. The van der Waals surface area contributed by atoms with Crippen LogP contribution in [0.4, 0.5) is 16.3 Å². The van der Waals surface area contributed by atoms with Gasteiger partial charge >= 0.3 is 6.09 Å². The van der Waals surface area contributed by atoms with E-state index in [2.05, 4.69) is 15.1 Å². The van der Waals surface area contributed by atoms with Crippen molar-refractivity contribution < 1.29 is 19.0 Å². The highest BCUT2D eigenvalue weighted by Crippen LogP contribution is 2.43. The molecule has 4 heterocycles. The van der Waals surface area contributed by atoms with Gasteiger partial charge in [-0.15, -0.1) is 10.2 Å². The number of ether oxygens (including phenoxy) is 3. The molecule has 2 fully saturated rings. The molecule has 3 aliphatic heterocycles. The van der Waals surface area contributed by atoms with Gasteiger partial charge in [-0.2, -0.15) is 0 Å². The lowest BCUT2D eigenvalue weighted by Gasteiger charge is -2.49. The second-order valence-electron chi connectivity index (χ2n) is 7.88. The molecule has 26 heavy (non-hydrogen) atoms. The zero-order valence-corrected chi connectivity index (χ0v) is 16.0. The van der Waals surface area contributed by atoms with Crippen molar-refractivity contribution in [2.24, 2.45) is 0 Å². The second-order valence-corrected chi connectivity index (χ2v) is 8.26. The van der Waals surface area contributed by atoms with Gasteiger partial charge in [-0.05, 0) is 20.8 Å². The summed E-state index contributed by atoms with van der Waals surface area (Å²) < 4.78 is 17.3. The Morgan fingerprint density at radius 3 is 2.77 bits per heavy atom. The van der Waals surface area contributed by atoms with Gasteiger partial charge < -0.3 is 19.1 Å². The maximum absolute atomic E-state index is 12.8. The summed E-state index contributed by atoms with van der Waals surface area (Å²) in [5.41, 5.74) is 0.194. The number of aromatic nitrogens is 2. The van der Waals surface area contributed by atoms with Crippen molar-refractivity contribution in [2.75, 3.05) is 36.1 Å². The molecule has 2 saturated heterocycles. The summed E-state index contributed by atoms with van der Waals surface area (Å²) in [6, 6.07) is 1.78. The zero-order valence-electron chi connectivity index (χ0n) is 15.2. The molecule has 0 saturated carbocycles. The minimum Gasteiger partial charge on any atom is -0.443 e. The smallest absolute Gasteiger partial charge is 0.416 e. The first-order chi connectivity index (χ1) is 12.3. The Balaban J connectivity index is 1.67. The van der Waals surface area contributed by atoms with Crippen molar-refractivity contribution >= 4 is 29.2 Å². The summed E-state index contributed by atoms with van der Waals surface area (Å²) in [5.74, 6) is -0.0770. The molecule has 3 aliphatic rings. The van der Waals surface area contributed by atoms with Crippen molar-refractivity contribution in [3.05, 3.63) is 11.2 Å². The number of carbonyl (C=O) groups excluding carboxylic acids is 1. The van der Waals surface area contributed by atoms with E-state index in [0.29, 0.717) is 37.2 Å². The molecule has 1 aromatic rings. The predicted octanol–water partition coefficient (Wildman–Crippen LogP) is 2.60. The molecular weight excluding hydrogens is 360 g/mol. The summed E-state index contributed by atoms with van der Waals surface area (Å²) in [7, 11) is 0. The number of piperidine rings is 1. The predicted molar refractivity (Wildman–Crippen MR) is 95.6 cm³/mol. The van der Waals surface area contributed by atoms with Crippen LogP contribution in [0.2, 0.25) is 5.15 Å². The van der Waals surface area contributed by atoms with Crippen LogP contribution < -0.4 is 9.80 Å². The van der Waals surface area contributed by atoms with Crippen molar-refractivity contribution in [1.82, 2.24) is 10.2 Å². The molecule has 1 amide bonds. The van der Waals surface area contributed by atoms with Crippen LogP contribution in [-0.4, -0.2) is 60.0 Å². The van der Waals surface area contributed by atoms with Gasteiger partial charge in [0.1, 0.15) is 5.60 Å². The quantitative estimate of drug-likeness (QED) is 0.682. The number of anilines is 2. The molecule has 142 valence electrons. The summed E-state index contributed by atoms with van der Waals surface area (Å²) >= 11 is 6.08. The van der Waals surface area contributed by atoms with Crippen LogP contribution in [0, 0.1) is 0 Å². The van der Waals surface area contributed by atoms with E-state index in [1.54, 1.807) is 11.0 Å². The summed E-state index contributed by atoms with van der Waals surface area (Å²) in [6.45, 7) is 7.91. The number of nitrogens with zero attached hydrogens (tertiary/aromatic N) is 4. The molecule has 0 bridgehead atoms. The lowest BCUT2D eigenvalue weighted by atomic mass is 9.93. The third kappa shape index (κ3) is 3.21. The van der Waals surface area contributed by atoms with Crippen LogP contribution in [0.1, 0.15) is 33.6 Å². The van der Waals surface area contributed by atoms with Gasteiger partial charge in [0.15, 0.2) is 16.8 Å². The average molecular weight is 383 g/mol. The highest BCUT2D eigenvalue weighted by molar-refractivity contribution is 6.29. The SMILES string of the molecule is CC(C)(C)OC(=O)N1CC2CC3(CCN2c2cc(Cl)nnc21)OCCO3. The number of carbonyl (C=O) groups is 1. The Bertz CT molecular complexity index is 717. The van der Waals surface area contributed by atoms with Crippen molar-refractivity contribution in [1.29, 1.82) is 0 Å². The first kappa shape index (κ1) is 17.8. The number of fused-ring (bicyclic) bond motifs is 3. The fourth-order valence-corrected chi connectivity index (χ4v) is 3.96. The number of hydrogen-bond donors (Lipinski definition) is 0. The largest absolute Gasteiger partial charge is 0.443 e. The van der Waals surface area contributed by atoms with Crippen molar-refractivity contribution in [3.63, 3.8) is 0 Å². The zero-order chi connectivity index (χ0) is 18.5. The van der Waals surface area contributed by atoms with Gasteiger partial charge in [-0.25, -0.2) is 4.79 Å². The Morgan fingerprint density at radius 1 is 1.35 bits per heavy atom. The van der Waals surface area contributed by atoms with E-state index in [1.165, 1.54) is 0 Å². The third-order valence-electron chi connectivity index (χ3n) is 4.83. The van der Waals surface area contributed by atoms with Crippen molar-refractivity contribution in [2.45, 2.75) is 51.0 Å². The molecule has 1 aromatic heterocycles. The normalized spacial score (nSPS) is 24.4. The Morgan fingerprint density at radius 2 is 2.08 bits per heavy atom. The van der Waals surface area contributed by atoms with Gasteiger partial charge in [0.2, 0.25) is 0 Å². The Kier molecular flexibility index (Phi) is 4.24. The highest BCUT2D eigenvalue weighted by Gasteiger charge is 2.48. The summed E-state index contributed by atoms with van der Waals surface area (Å²) in [6.07, 6.45) is 0.990. The molecular formula is C17H23ClN4O4. The number of amides is 1. The number of halogens is 1. The van der Waals surface area contributed by atoms with E-state index in [9.17, 15) is 4.79 Å². The fraction of sp³-hybridized carbons (Fsp3) is 0.706. The average Bonchev–Trinajstić information content (AvgIpc) is 2.99. The molecule has 1 atom stereocenters. The van der Waals surface area contributed by atoms with Gasteiger partial charge in [0.25, 0.3) is 0 Å². The Labute approximate surface area is 157 Å². The van der Waals surface area contributed by atoms with Crippen molar-refractivity contribution in [3.8, 4) is 0 Å². The number of hydrogen-bond acceptors (Lipinski definition) is 7. The summed E-state index contributed by atoms with van der Waals surface area (Å²) in [5, 5.41) is 8.38. The van der Waals surface area contributed by atoms with E-state index in [1.807, 2.05) is 20.8 Å². The van der Waals surface area contributed by atoms with Crippen LogP contribution in [0.25, 0.3) is 0 Å². The molecule has 8 nitrogen and oxygen atoms in total. The van der Waals surface area contributed by atoms with Crippen LogP contribution in [0.3, 0.4) is 0 Å². The molecule has 0 aliphatic carbocycles. The molecule has 1 spiro atoms. The van der Waals surface area contributed by atoms with Crippen LogP contribution >= 0.6 is 11.6 Å². The van der Waals surface area contributed by atoms with E-state index < -0.39 is 17.5 Å². The van der Waals surface area contributed by atoms with Crippen LogP contribution in [0.5, 0.6) is 0 Å². The molecule has 1 unspecified atom stereocenters. The lowest BCUT2D eigenvalue weighted by Crippen LogP contribution is -2.59. The molecule has 9 heteroatoms. The van der Waals surface area contributed by atoms with Gasteiger partial charge in [-0.1, -0.05) is 11.6 Å². The van der Waals surface area contributed by atoms with E-state index >= 15 is 0 Å². The van der Waals surface area contributed by atoms with Gasteiger partial charge in [0.05, 0.1) is 31.5 Å². The molecule has 0 N–H and O–H groups in total. The Hall–Kier alpha value is -1.64. The maximum atomic E-state index is 12.8. The second kappa shape index (κ2) is 6.21. The van der Waals surface area contributed by atoms with Crippen LogP contribution in [-0.2, 0) is 14.2 Å². The van der Waals surface area contributed by atoms with E-state index in [4.69, 9.17) is 25.8 Å². The van der Waals surface area contributed by atoms with Gasteiger partial charge in [0, 0.05) is 25.5 Å². The first-order valence-corrected chi connectivity index (χ1v) is 9.22. The first-order valence-electron chi connectivity index (χ1n) is 8.85. The van der Waals surface area contributed by atoms with Crippen LogP contribution in [0.15, 0.2) is 6.07 Å². The van der Waals surface area contributed by atoms with E-state index in [-0.39, 0.29) is 6.04 Å². The van der Waals surface area contributed by atoms with Gasteiger partial charge in [-0.3, -0.25) is 4.90 Å². The molecule has 4 rings (SSSR count). The standard InChI is InChI=1S/C17H23ClN4O4/c1-16(2,3)26-15(23)22-10-11-9-17(24-6-7-25-17)4-5-21(11)12-8-13(18)19-20-14(12)22/h8,11H,4-7,9-10H2,1-3H3. The minimum absolute atomic E-state index is 0.0298. The topological polar surface area (TPSA) is 77.0 Å². The minimum atomic E-state index is -0.598.